The molecule has 0 bridgehead atoms. The SMILES string of the molecule is CCCCCCOc1ccc(C(=O)OCC(=O)Nc2ccc(OCC)cc2)cc1. The highest BCUT2D eigenvalue weighted by Crippen LogP contribution is 2.16. The van der Waals surface area contributed by atoms with Crippen molar-refractivity contribution in [2.45, 2.75) is 39.5 Å². The molecule has 0 fully saturated rings. The van der Waals surface area contributed by atoms with Crippen molar-refractivity contribution in [2.24, 2.45) is 0 Å². The first-order chi connectivity index (χ1) is 14.1. The molecule has 0 aromatic heterocycles. The van der Waals surface area contributed by atoms with Gasteiger partial charge in [0.2, 0.25) is 0 Å². The number of benzene rings is 2. The summed E-state index contributed by atoms with van der Waals surface area (Å²) in [5.41, 5.74) is 0.979. The molecule has 0 aliphatic carbocycles. The minimum atomic E-state index is -0.554. The van der Waals surface area contributed by atoms with Crippen LogP contribution in [-0.2, 0) is 9.53 Å². The Kier molecular flexibility index (Phi) is 9.55. The third kappa shape index (κ3) is 8.25. The summed E-state index contributed by atoms with van der Waals surface area (Å²) in [7, 11) is 0. The molecule has 0 heterocycles. The first-order valence-corrected chi connectivity index (χ1v) is 10.0. The number of esters is 1. The molecule has 156 valence electrons. The fourth-order valence-electron chi connectivity index (χ4n) is 2.62. The van der Waals surface area contributed by atoms with Gasteiger partial charge in [-0.15, -0.1) is 0 Å². The summed E-state index contributed by atoms with van der Waals surface area (Å²) in [6.07, 6.45) is 4.57. The van der Waals surface area contributed by atoms with Crippen LogP contribution < -0.4 is 14.8 Å². The van der Waals surface area contributed by atoms with Gasteiger partial charge in [-0.3, -0.25) is 4.79 Å². The van der Waals surface area contributed by atoms with E-state index in [0.717, 1.165) is 18.6 Å². The molecule has 0 aliphatic heterocycles. The van der Waals surface area contributed by atoms with E-state index in [1.807, 2.05) is 6.92 Å². The molecule has 2 rings (SSSR count). The molecule has 0 saturated heterocycles. The third-order valence-corrected chi connectivity index (χ3v) is 4.14. The zero-order chi connectivity index (χ0) is 20.9. The number of amides is 1. The zero-order valence-electron chi connectivity index (χ0n) is 17.1. The maximum atomic E-state index is 12.1. The normalized spacial score (nSPS) is 10.3. The van der Waals surface area contributed by atoms with Gasteiger partial charge in [0.1, 0.15) is 11.5 Å². The highest BCUT2D eigenvalue weighted by Gasteiger charge is 2.11. The predicted octanol–water partition coefficient (Wildman–Crippen LogP) is 4.84. The van der Waals surface area contributed by atoms with Crippen molar-refractivity contribution in [2.75, 3.05) is 25.1 Å². The van der Waals surface area contributed by atoms with Crippen molar-refractivity contribution in [1.29, 1.82) is 0 Å². The van der Waals surface area contributed by atoms with Crippen LogP contribution in [-0.4, -0.2) is 31.7 Å². The van der Waals surface area contributed by atoms with Crippen molar-refractivity contribution in [3.05, 3.63) is 54.1 Å². The fraction of sp³-hybridized carbons (Fsp3) is 0.391. The van der Waals surface area contributed by atoms with Gasteiger partial charge in [-0.25, -0.2) is 4.79 Å². The molecule has 0 unspecified atom stereocenters. The van der Waals surface area contributed by atoms with Crippen LogP contribution in [0.2, 0.25) is 0 Å². The lowest BCUT2D eigenvalue weighted by Gasteiger charge is -2.09. The van der Waals surface area contributed by atoms with Crippen molar-refractivity contribution >= 4 is 17.6 Å². The minimum absolute atomic E-state index is 0.359. The predicted molar refractivity (Wildman–Crippen MR) is 113 cm³/mol. The van der Waals surface area contributed by atoms with Crippen LogP contribution in [0.25, 0.3) is 0 Å². The fourth-order valence-corrected chi connectivity index (χ4v) is 2.62. The monoisotopic (exact) mass is 399 g/mol. The van der Waals surface area contributed by atoms with E-state index in [1.54, 1.807) is 48.5 Å². The number of hydrogen-bond donors (Lipinski definition) is 1. The van der Waals surface area contributed by atoms with Crippen LogP contribution in [0.15, 0.2) is 48.5 Å². The quantitative estimate of drug-likeness (QED) is 0.408. The Bertz CT molecular complexity index is 756. The largest absolute Gasteiger partial charge is 0.494 e. The van der Waals surface area contributed by atoms with E-state index in [9.17, 15) is 9.59 Å². The summed E-state index contributed by atoms with van der Waals surface area (Å²) in [6.45, 7) is 4.95. The lowest BCUT2D eigenvalue weighted by Crippen LogP contribution is -2.20. The molecule has 2 aromatic rings. The van der Waals surface area contributed by atoms with Crippen LogP contribution in [0.4, 0.5) is 5.69 Å². The number of rotatable bonds is 12. The number of carbonyl (C=O) groups excluding carboxylic acids is 2. The third-order valence-electron chi connectivity index (χ3n) is 4.14. The lowest BCUT2D eigenvalue weighted by molar-refractivity contribution is -0.119. The summed E-state index contributed by atoms with van der Waals surface area (Å²) in [5.74, 6) is 0.479. The lowest BCUT2D eigenvalue weighted by atomic mass is 10.2. The summed E-state index contributed by atoms with van der Waals surface area (Å²) >= 11 is 0. The van der Waals surface area contributed by atoms with Gasteiger partial charge in [-0.2, -0.15) is 0 Å². The number of anilines is 1. The van der Waals surface area contributed by atoms with Gasteiger partial charge >= 0.3 is 5.97 Å². The van der Waals surface area contributed by atoms with Gasteiger partial charge in [0.25, 0.3) is 5.91 Å². The van der Waals surface area contributed by atoms with E-state index in [1.165, 1.54) is 12.8 Å². The molecular formula is C23H29NO5. The Balaban J connectivity index is 1.73. The van der Waals surface area contributed by atoms with E-state index in [-0.39, 0.29) is 6.61 Å². The standard InChI is InChI=1S/C23H29NO5/c1-3-5-6-7-16-28-21-12-8-18(9-13-21)23(26)29-17-22(25)24-19-10-14-20(15-11-19)27-4-2/h8-15H,3-7,16-17H2,1-2H3,(H,24,25). The van der Waals surface area contributed by atoms with Crippen LogP contribution in [0.5, 0.6) is 11.5 Å². The van der Waals surface area contributed by atoms with Crippen LogP contribution in [0.1, 0.15) is 49.9 Å². The van der Waals surface area contributed by atoms with Gasteiger partial charge in [0.05, 0.1) is 18.8 Å². The summed E-state index contributed by atoms with van der Waals surface area (Å²) in [4.78, 5) is 24.1. The Labute approximate surface area is 172 Å². The van der Waals surface area contributed by atoms with Crippen LogP contribution >= 0.6 is 0 Å². The number of hydrogen-bond acceptors (Lipinski definition) is 5. The van der Waals surface area contributed by atoms with Crippen molar-refractivity contribution in [3.63, 3.8) is 0 Å². The van der Waals surface area contributed by atoms with Crippen molar-refractivity contribution in [3.8, 4) is 11.5 Å². The maximum Gasteiger partial charge on any atom is 0.338 e. The molecule has 6 nitrogen and oxygen atoms in total. The molecule has 0 spiro atoms. The Hall–Kier alpha value is -3.02. The van der Waals surface area contributed by atoms with Crippen molar-refractivity contribution in [1.82, 2.24) is 0 Å². The molecule has 1 N–H and O–H groups in total. The van der Waals surface area contributed by atoms with Gasteiger partial charge in [0.15, 0.2) is 6.61 Å². The number of nitrogens with one attached hydrogen (secondary N) is 1. The first-order valence-electron chi connectivity index (χ1n) is 10.0. The smallest absolute Gasteiger partial charge is 0.338 e. The van der Waals surface area contributed by atoms with Crippen LogP contribution in [0.3, 0.4) is 0 Å². The van der Waals surface area contributed by atoms with Gasteiger partial charge in [-0.1, -0.05) is 26.2 Å². The molecule has 0 aliphatic rings. The summed E-state index contributed by atoms with van der Waals surface area (Å²) in [5, 5.41) is 2.67. The molecule has 0 saturated carbocycles. The average molecular weight is 399 g/mol. The van der Waals surface area contributed by atoms with Gasteiger partial charge in [-0.05, 0) is 61.9 Å². The molecule has 29 heavy (non-hydrogen) atoms. The number of ether oxygens (including phenoxy) is 3. The molecular weight excluding hydrogens is 370 g/mol. The van der Waals surface area contributed by atoms with Gasteiger partial charge in [0, 0.05) is 5.69 Å². The molecule has 1 amide bonds. The number of carbonyl (C=O) groups is 2. The van der Waals surface area contributed by atoms with E-state index >= 15 is 0 Å². The Morgan fingerprint density at radius 2 is 1.48 bits per heavy atom. The topological polar surface area (TPSA) is 73.9 Å². The summed E-state index contributed by atoms with van der Waals surface area (Å²) < 4.78 is 16.1. The first kappa shape index (κ1) is 22.3. The zero-order valence-corrected chi connectivity index (χ0v) is 17.1. The second-order valence-corrected chi connectivity index (χ2v) is 6.52. The van der Waals surface area contributed by atoms with E-state index in [4.69, 9.17) is 14.2 Å². The van der Waals surface area contributed by atoms with E-state index in [2.05, 4.69) is 12.2 Å². The second-order valence-electron chi connectivity index (χ2n) is 6.52. The second kappa shape index (κ2) is 12.4. The maximum absolute atomic E-state index is 12.1. The average Bonchev–Trinajstić information content (AvgIpc) is 2.74. The van der Waals surface area contributed by atoms with E-state index in [0.29, 0.717) is 30.2 Å². The van der Waals surface area contributed by atoms with Gasteiger partial charge < -0.3 is 19.5 Å². The van der Waals surface area contributed by atoms with E-state index < -0.39 is 11.9 Å². The Morgan fingerprint density at radius 1 is 0.828 bits per heavy atom. The Morgan fingerprint density at radius 3 is 2.14 bits per heavy atom. The van der Waals surface area contributed by atoms with Crippen molar-refractivity contribution < 1.29 is 23.8 Å². The molecule has 2 aromatic carbocycles. The molecule has 0 atom stereocenters. The molecule has 0 radical (unpaired) electrons. The summed E-state index contributed by atoms with van der Waals surface area (Å²) in [6, 6.07) is 13.7. The van der Waals surface area contributed by atoms with Crippen LogP contribution in [0, 0.1) is 0 Å². The number of unbranched alkanes of at least 4 members (excludes halogenated alkanes) is 3. The highest BCUT2D eigenvalue weighted by molar-refractivity contribution is 5.95. The molecule has 6 heteroatoms. The minimum Gasteiger partial charge on any atom is -0.494 e. The highest BCUT2D eigenvalue weighted by atomic mass is 16.5.